The number of hydrogen-bond acceptors (Lipinski definition) is 2. The maximum atomic E-state index is 10.1. The molecule has 0 aliphatic carbocycles. The standard InChI is InChI=1S/C6H6N.Mn.2O/c7-6-4-2-1-3-5-6;;;/h1-5,7H;;;/q-1;+1;;. The molecule has 0 fully saturated rings. The van der Waals surface area contributed by atoms with Crippen molar-refractivity contribution in [3.05, 3.63) is 30.3 Å². The van der Waals surface area contributed by atoms with Gasteiger partial charge in [-0.2, -0.15) is 0 Å². The molecule has 0 radical (unpaired) electrons. The first-order valence-corrected chi connectivity index (χ1v) is 4.21. The minimum absolute atomic E-state index is 0.613. The predicted octanol–water partition coefficient (Wildman–Crippen LogP) is 1.32. The third-order valence-corrected chi connectivity index (χ3v) is 1.54. The Kier molecular flexibility index (Phi) is 2.42. The van der Waals surface area contributed by atoms with Gasteiger partial charge in [-0.05, 0) is 0 Å². The van der Waals surface area contributed by atoms with E-state index in [0.29, 0.717) is 5.69 Å². The molecule has 0 saturated heterocycles. The van der Waals surface area contributed by atoms with E-state index < -0.39 is 14.0 Å². The van der Waals surface area contributed by atoms with E-state index in [2.05, 4.69) is 4.33 Å². The Morgan fingerprint density at radius 3 is 2.20 bits per heavy atom. The Hall–Kier alpha value is -0.861. The van der Waals surface area contributed by atoms with E-state index in [-0.39, 0.29) is 0 Å². The Morgan fingerprint density at radius 2 is 1.70 bits per heavy atom. The summed E-state index contributed by atoms with van der Waals surface area (Å²) >= 11 is -2.86. The number of nitrogens with one attached hydrogen (secondary N) is 1. The van der Waals surface area contributed by atoms with Gasteiger partial charge in [-0.1, -0.05) is 0 Å². The van der Waals surface area contributed by atoms with Gasteiger partial charge in [0.2, 0.25) is 0 Å². The first-order chi connectivity index (χ1) is 4.79. The van der Waals surface area contributed by atoms with Crippen molar-refractivity contribution >= 4 is 5.69 Å². The van der Waals surface area contributed by atoms with E-state index in [0.717, 1.165) is 0 Å². The molecule has 1 aromatic carbocycles. The SMILES string of the molecule is [O]=[Mn](=[O])[NH]c1ccccc1. The molecule has 1 N–H and O–H groups in total. The Bertz CT molecular complexity index is 260. The fraction of sp³-hybridized carbons (Fsp3) is 0. The summed E-state index contributed by atoms with van der Waals surface area (Å²) in [5.74, 6) is 0. The van der Waals surface area contributed by atoms with Gasteiger partial charge in [0.05, 0.1) is 0 Å². The summed E-state index contributed by atoms with van der Waals surface area (Å²) < 4.78 is 22.6. The zero-order valence-corrected chi connectivity index (χ0v) is 6.26. The molecule has 3 nitrogen and oxygen atoms in total. The van der Waals surface area contributed by atoms with Gasteiger partial charge in [-0.15, -0.1) is 0 Å². The van der Waals surface area contributed by atoms with Gasteiger partial charge in [-0.3, -0.25) is 0 Å². The summed E-state index contributed by atoms with van der Waals surface area (Å²) in [6.07, 6.45) is 0. The van der Waals surface area contributed by atoms with Crippen LogP contribution in [-0.4, -0.2) is 0 Å². The van der Waals surface area contributed by atoms with E-state index in [1.807, 2.05) is 6.07 Å². The van der Waals surface area contributed by atoms with Crippen LogP contribution in [0, 0.1) is 0 Å². The third kappa shape index (κ3) is 2.17. The average molecular weight is 179 g/mol. The van der Waals surface area contributed by atoms with Crippen LogP contribution in [0.15, 0.2) is 30.3 Å². The third-order valence-electron chi connectivity index (χ3n) is 0.960. The Labute approximate surface area is 62.6 Å². The summed E-state index contributed by atoms with van der Waals surface area (Å²) in [6, 6.07) is 8.76. The predicted molar refractivity (Wildman–Crippen MR) is 31.4 cm³/mol. The van der Waals surface area contributed by atoms with Crippen LogP contribution in [0.5, 0.6) is 0 Å². The van der Waals surface area contributed by atoms with Gasteiger partial charge >= 0.3 is 62.0 Å². The number of anilines is 1. The van der Waals surface area contributed by atoms with Crippen LogP contribution < -0.4 is 4.33 Å². The molecule has 0 aliphatic heterocycles. The van der Waals surface area contributed by atoms with Crippen LogP contribution in [0.25, 0.3) is 0 Å². The molecular formula is C6H6MnNO2. The minimum atomic E-state index is -2.86. The zero-order valence-electron chi connectivity index (χ0n) is 5.08. The molecule has 1 aromatic rings. The van der Waals surface area contributed by atoms with E-state index in [1.165, 1.54) is 0 Å². The van der Waals surface area contributed by atoms with Crippen molar-refractivity contribution in [2.24, 2.45) is 0 Å². The summed E-state index contributed by atoms with van der Waals surface area (Å²) in [5.41, 5.74) is 0.613. The van der Waals surface area contributed by atoms with E-state index >= 15 is 0 Å². The van der Waals surface area contributed by atoms with Crippen LogP contribution >= 0.6 is 0 Å². The molecule has 54 valence electrons. The van der Waals surface area contributed by atoms with Crippen molar-refractivity contribution in [3.63, 3.8) is 0 Å². The van der Waals surface area contributed by atoms with Crippen LogP contribution in [-0.2, 0) is 21.7 Å². The Balaban J connectivity index is 2.77. The van der Waals surface area contributed by atoms with Crippen LogP contribution in [0.2, 0.25) is 0 Å². The average Bonchev–Trinajstić information content (AvgIpc) is 1.88. The molecule has 0 amide bonds. The van der Waals surface area contributed by atoms with Crippen molar-refractivity contribution in [2.75, 3.05) is 4.33 Å². The summed E-state index contributed by atoms with van der Waals surface area (Å²) in [7, 11) is 0. The molecule has 0 unspecified atom stereocenters. The summed E-state index contributed by atoms with van der Waals surface area (Å²) in [5, 5.41) is 0. The maximum absolute atomic E-state index is 10.1. The second-order valence-electron chi connectivity index (χ2n) is 1.68. The molecule has 0 bridgehead atoms. The van der Waals surface area contributed by atoms with Gasteiger partial charge < -0.3 is 0 Å². The van der Waals surface area contributed by atoms with Crippen molar-refractivity contribution < 1.29 is 21.7 Å². The van der Waals surface area contributed by atoms with Gasteiger partial charge in [0.15, 0.2) is 0 Å². The summed E-state index contributed by atoms with van der Waals surface area (Å²) in [6.45, 7) is 0. The molecule has 4 heteroatoms. The quantitative estimate of drug-likeness (QED) is 0.696. The van der Waals surface area contributed by atoms with Crippen molar-refractivity contribution in [3.8, 4) is 0 Å². The monoisotopic (exact) mass is 179 g/mol. The van der Waals surface area contributed by atoms with E-state index in [1.54, 1.807) is 24.3 Å². The van der Waals surface area contributed by atoms with Crippen molar-refractivity contribution in [2.45, 2.75) is 0 Å². The van der Waals surface area contributed by atoms with Gasteiger partial charge in [0, 0.05) is 0 Å². The van der Waals surface area contributed by atoms with Crippen molar-refractivity contribution in [1.82, 2.24) is 0 Å². The molecule has 10 heavy (non-hydrogen) atoms. The van der Waals surface area contributed by atoms with Gasteiger partial charge in [0.25, 0.3) is 0 Å². The molecular weight excluding hydrogens is 173 g/mol. The molecule has 1 rings (SSSR count). The number of benzene rings is 1. The second-order valence-corrected chi connectivity index (χ2v) is 2.65. The number of hydrogen-bond donors (Lipinski definition) is 1. The molecule has 0 aliphatic rings. The zero-order chi connectivity index (χ0) is 7.40. The summed E-state index contributed by atoms with van der Waals surface area (Å²) in [4.78, 5) is 0. The molecule has 0 saturated carbocycles. The van der Waals surface area contributed by atoms with Crippen LogP contribution in [0.1, 0.15) is 0 Å². The number of para-hydroxylation sites is 1. The van der Waals surface area contributed by atoms with Crippen molar-refractivity contribution in [1.29, 1.82) is 0 Å². The van der Waals surface area contributed by atoms with Gasteiger partial charge in [0.1, 0.15) is 0 Å². The van der Waals surface area contributed by atoms with Crippen LogP contribution in [0.3, 0.4) is 0 Å². The molecule has 0 atom stereocenters. The normalized spacial score (nSPS) is 9.70. The Morgan fingerprint density at radius 1 is 1.10 bits per heavy atom. The fourth-order valence-corrected chi connectivity index (χ4v) is 1.07. The first-order valence-electron chi connectivity index (χ1n) is 2.66. The molecule has 0 heterocycles. The van der Waals surface area contributed by atoms with Crippen LogP contribution in [0.4, 0.5) is 5.69 Å². The van der Waals surface area contributed by atoms with E-state index in [4.69, 9.17) is 0 Å². The molecule has 0 spiro atoms. The topological polar surface area (TPSA) is 46.2 Å². The fourth-order valence-electron chi connectivity index (χ4n) is 0.590. The first kappa shape index (κ1) is 7.25. The van der Waals surface area contributed by atoms with E-state index in [9.17, 15) is 7.67 Å². The number of rotatable bonds is 2. The molecule has 0 aromatic heterocycles. The second kappa shape index (κ2) is 3.34. The van der Waals surface area contributed by atoms with Gasteiger partial charge in [-0.25, -0.2) is 0 Å².